The van der Waals surface area contributed by atoms with Crippen LogP contribution in [0.1, 0.15) is 30.4 Å². The van der Waals surface area contributed by atoms with E-state index < -0.39 is 0 Å². The number of hydrogen-bond acceptors (Lipinski definition) is 6. The van der Waals surface area contributed by atoms with Gasteiger partial charge in [-0.15, -0.1) is 0 Å². The van der Waals surface area contributed by atoms with E-state index in [1.54, 1.807) is 0 Å². The molecule has 0 amide bonds. The summed E-state index contributed by atoms with van der Waals surface area (Å²) in [5.41, 5.74) is 2.60. The van der Waals surface area contributed by atoms with Crippen LogP contribution in [0.2, 0.25) is 0 Å². The third-order valence-electron chi connectivity index (χ3n) is 3.41. The minimum Gasteiger partial charge on any atom is -0.369 e. The standard InChI is InChI=1S/C13H19N7/c1-20-7-6-16-12(20)4-5-15-10-8-11(19-14)18-13(17-10)9-2-3-9/h6-9H,2-5,14H2,1H3,(H2,15,17,18,19). The van der Waals surface area contributed by atoms with E-state index in [0.29, 0.717) is 11.7 Å². The van der Waals surface area contributed by atoms with Crippen molar-refractivity contribution in [1.82, 2.24) is 19.5 Å². The number of hydrogen-bond donors (Lipinski definition) is 3. The normalized spacial score (nSPS) is 14.3. The first-order valence-corrected chi connectivity index (χ1v) is 6.82. The van der Waals surface area contributed by atoms with Crippen molar-refractivity contribution < 1.29 is 0 Å². The molecule has 0 aliphatic heterocycles. The van der Waals surface area contributed by atoms with E-state index in [0.717, 1.165) is 30.4 Å². The molecule has 0 spiro atoms. The summed E-state index contributed by atoms with van der Waals surface area (Å²) in [6.45, 7) is 0.774. The lowest BCUT2D eigenvalue weighted by Crippen LogP contribution is -2.14. The van der Waals surface area contributed by atoms with E-state index in [-0.39, 0.29) is 0 Å². The SMILES string of the molecule is Cn1ccnc1CCNc1cc(NN)nc(C2CC2)n1. The van der Waals surface area contributed by atoms with Gasteiger partial charge in [0.15, 0.2) is 0 Å². The van der Waals surface area contributed by atoms with Gasteiger partial charge in [0.25, 0.3) is 0 Å². The monoisotopic (exact) mass is 273 g/mol. The molecule has 106 valence electrons. The predicted octanol–water partition coefficient (Wildman–Crippen LogP) is 1.03. The van der Waals surface area contributed by atoms with E-state index in [4.69, 9.17) is 5.84 Å². The quantitative estimate of drug-likeness (QED) is 0.537. The Balaban J connectivity index is 1.64. The minimum absolute atomic E-state index is 0.499. The largest absolute Gasteiger partial charge is 0.369 e. The smallest absolute Gasteiger partial charge is 0.145 e. The van der Waals surface area contributed by atoms with Crippen LogP contribution in [0.15, 0.2) is 18.5 Å². The molecule has 0 saturated heterocycles. The number of rotatable bonds is 6. The van der Waals surface area contributed by atoms with Crippen molar-refractivity contribution in [1.29, 1.82) is 0 Å². The highest BCUT2D eigenvalue weighted by molar-refractivity contribution is 5.47. The molecule has 2 aromatic heterocycles. The van der Waals surface area contributed by atoms with E-state index in [1.165, 1.54) is 12.8 Å². The molecule has 0 bridgehead atoms. The lowest BCUT2D eigenvalue weighted by atomic mass is 10.3. The Labute approximate surface area is 117 Å². The molecule has 0 radical (unpaired) electrons. The summed E-state index contributed by atoms with van der Waals surface area (Å²) < 4.78 is 2.02. The number of imidazole rings is 1. The Morgan fingerprint density at radius 1 is 1.35 bits per heavy atom. The van der Waals surface area contributed by atoms with Gasteiger partial charge in [-0.2, -0.15) is 0 Å². The number of nitrogens with two attached hydrogens (primary N) is 1. The molecule has 0 unspecified atom stereocenters. The van der Waals surface area contributed by atoms with Gasteiger partial charge in [0, 0.05) is 44.4 Å². The lowest BCUT2D eigenvalue weighted by molar-refractivity contribution is 0.787. The van der Waals surface area contributed by atoms with Gasteiger partial charge in [0.05, 0.1) is 0 Å². The summed E-state index contributed by atoms with van der Waals surface area (Å²) in [6, 6.07) is 1.82. The summed E-state index contributed by atoms with van der Waals surface area (Å²) in [6.07, 6.45) is 6.93. The van der Waals surface area contributed by atoms with Crippen molar-refractivity contribution in [2.24, 2.45) is 12.9 Å². The van der Waals surface area contributed by atoms with Gasteiger partial charge in [-0.1, -0.05) is 0 Å². The van der Waals surface area contributed by atoms with Gasteiger partial charge in [-0.25, -0.2) is 20.8 Å². The second-order valence-corrected chi connectivity index (χ2v) is 5.05. The zero-order valence-corrected chi connectivity index (χ0v) is 11.5. The number of nitrogen functional groups attached to an aromatic ring is 1. The molecule has 1 saturated carbocycles. The zero-order chi connectivity index (χ0) is 13.9. The molecule has 3 rings (SSSR count). The van der Waals surface area contributed by atoms with Crippen LogP contribution in [-0.4, -0.2) is 26.1 Å². The Kier molecular flexibility index (Phi) is 3.51. The Bertz CT molecular complexity index is 588. The molecule has 0 aromatic carbocycles. The second-order valence-electron chi connectivity index (χ2n) is 5.05. The molecule has 1 aliphatic rings. The van der Waals surface area contributed by atoms with Crippen LogP contribution in [-0.2, 0) is 13.5 Å². The lowest BCUT2D eigenvalue weighted by Gasteiger charge is -2.09. The van der Waals surface area contributed by atoms with Crippen molar-refractivity contribution in [2.75, 3.05) is 17.3 Å². The number of hydrazine groups is 1. The summed E-state index contributed by atoms with van der Waals surface area (Å²) in [7, 11) is 1.99. The third kappa shape index (κ3) is 2.88. The molecule has 2 heterocycles. The first-order valence-electron chi connectivity index (χ1n) is 6.82. The summed E-state index contributed by atoms with van der Waals surface area (Å²) in [5.74, 6) is 9.34. The molecule has 0 atom stereocenters. The molecular formula is C13H19N7. The van der Waals surface area contributed by atoms with E-state index >= 15 is 0 Å². The maximum Gasteiger partial charge on any atom is 0.145 e. The maximum atomic E-state index is 5.45. The van der Waals surface area contributed by atoms with Crippen LogP contribution in [0, 0.1) is 0 Å². The highest BCUT2D eigenvalue weighted by atomic mass is 15.3. The molecular weight excluding hydrogens is 254 g/mol. The van der Waals surface area contributed by atoms with Gasteiger partial charge >= 0.3 is 0 Å². The third-order valence-corrected chi connectivity index (χ3v) is 3.41. The molecule has 20 heavy (non-hydrogen) atoms. The number of nitrogens with zero attached hydrogens (tertiary/aromatic N) is 4. The average Bonchev–Trinajstić information content (AvgIpc) is 3.23. The van der Waals surface area contributed by atoms with Crippen LogP contribution in [0.5, 0.6) is 0 Å². The van der Waals surface area contributed by atoms with Gasteiger partial charge in [0.1, 0.15) is 23.3 Å². The van der Waals surface area contributed by atoms with Crippen LogP contribution < -0.4 is 16.6 Å². The van der Waals surface area contributed by atoms with Crippen LogP contribution in [0.25, 0.3) is 0 Å². The van der Waals surface area contributed by atoms with E-state index in [2.05, 4.69) is 25.7 Å². The van der Waals surface area contributed by atoms with Gasteiger partial charge in [0.2, 0.25) is 0 Å². The highest BCUT2D eigenvalue weighted by Gasteiger charge is 2.27. The van der Waals surface area contributed by atoms with Gasteiger partial charge in [-0.05, 0) is 12.8 Å². The Hall–Kier alpha value is -2.15. The topological polar surface area (TPSA) is 93.7 Å². The van der Waals surface area contributed by atoms with E-state index in [9.17, 15) is 0 Å². The summed E-state index contributed by atoms with van der Waals surface area (Å²) in [4.78, 5) is 13.2. The second kappa shape index (κ2) is 5.46. The van der Waals surface area contributed by atoms with Crippen molar-refractivity contribution >= 4 is 11.6 Å². The fourth-order valence-corrected chi connectivity index (χ4v) is 2.09. The summed E-state index contributed by atoms with van der Waals surface area (Å²) >= 11 is 0. The number of nitrogens with one attached hydrogen (secondary N) is 2. The average molecular weight is 273 g/mol. The first kappa shape index (κ1) is 12.9. The summed E-state index contributed by atoms with van der Waals surface area (Å²) in [5, 5.41) is 3.31. The highest BCUT2D eigenvalue weighted by Crippen LogP contribution is 2.38. The number of aryl methyl sites for hydroxylation is 1. The molecule has 1 fully saturated rings. The van der Waals surface area contributed by atoms with Crippen LogP contribution >= 0.6 is 0 Å². The molecule has 7 nitrogen and oxygen atoms in total. The minimum atomic E-state index is 0.499. The molecule has 4 N–H and O–H groups in total. The Morgan fingerprint density at radius 2 is 2.15 bits per heavy atom. The Morgan fingerprint density at radius 3 is 2.80 bits per heavy atom. The zero-order valence-electron chi connectivity index (χ0n) is 11.5. The van der Waals surface area contributed by atoms with Crippen LogP contribution in [0.4, 0.5) is 11.6 Å². The maximum absolute atomic E-state index is 5.45. The molecule has 2 aromatic rings. The van der Waals surface area contributed by atoms with Gasteiger partial charge in [-0.3, -0.25) is 0 Å². The van der Waals surface area contributed by atoms with Crippen molar-refractivity contribution in [3.8, 4) is 0 Å². The molecule has 1 aliphatic carbocycles. The number of aromatic nitrogens is 4. The van der Waals surface area contributed by atoms with Gasteiger partial charge < -0.3 is 15.3 Å². The van der Waals surface area contributed by atoms with E-state index in [1.807, 2.05) is 30.1 Å². The van der Waals surface area contributed by atoms with Crippen molar-refractivity contribution in [3.05, 3.63) is 30.1 Å². The molecule has 7 heteroatoms. The number of anilines is 2. The fraction of sp³-hybridized carbons (Fsp3) is 0.462. The first-order chi connectivity index (χ1) is 9.76. The van der Waals surface area contributed by atoms with Crippen molar-refractivity contribution in [3.63, 3.8) is 0 Å². The van der Waals surface area contributed by atoms with Crippen molar-refractivity contribution in [2.45, 2.75) is 25.2 Å². The fourth-order valence-electron chi connectivity index (χ4n) is 2.09. The predicted molar refractivity (Wildman–Crippen MR) is 77.2 cm³/mol. The van der Waals surface area contributed by atoms with Crippen LogP contribution in [0.3, 0.4) is 0 Å².